The first-order chi connectivity index (χ1) is 10.8. The number of aryl methyl sites for hydroxylation is 2. The van der Waals surface area contributed by atoms with Crippen LogP contribution in [0.4, 0.5) is 4.79 Å². The zero-order chi connectivity index (χ0) is 17.0. The zero-order valence-corrected chi connectivity index (χ0v) is 14.6. The van der Waals surface area contributed by atoms with Gasteiger partial charge >= 0.3 is 6.03 Å². The van der Waals surface area contributed by atoms with Gasteiger partial charge in [-0.3, -0.25) is 0 Å². The highest BCUT2D eigenvalue weighted by Gasteiger charge is 2.32. The van der Waals surface area contributed by atoms with Crippen LogP contribution >= 0.6 is 0 Å². The summed E-state index contributed by atoms with van der Waals surface area (Å²) in [6, 6.07) is 5.89. The first kappa shape index (κ1) is 17.8. The Morgan fingerprint density at radius 3 is 2.48 bits per heavy atom. The first-order valence-electron chi connectivity index (χ1n) is 8.20. The second-order valence-electron chi connectivity index (χ2n) is 6.67. The van der Waals surface area contributed by atoms with Gasteiger partial charge in [-0.05, 0) is 37.5 Å². The number of amides is 2. The molecule has 0 aromatic heterocycles. The Bertz CT molecular complexity index is 533. The molecule has 0 radical (unpaired) electrons. The third-order valence-corrected chi connectivity index (χ3v) is 4.62. The molecule has 1 aromatic rings. The molecule has 1 atom stereocenters. The van der Waals surface area contributed by atoms with Crippen molar-refractivity contribution in [1.29, 1.82) is 0 Å². The standard InChI is InChI=1S/C18H28N2O3/c1-13-6-5-7-14(2)16(13)15(3)19-17(21)20(4)12-18(22)8-10-23-11-9-18/h5-7,15,22H,8-12H2,1-4H3,(H,19,21)/t15-/m0/s1. The van der Waals surface area contributed by atoms with Gasteiger partial charge in [0.15, 0.2) is 0 Å². The van der Waals surface area contributed by atoms with Crippen LogP contribution in [0.5, 0.6) is 0 Å². The van der Waals surface area contributed by atoms with Crippen molar-refractivity contribution in [2.24, 2.45) is 0 Å². The third-order valence-electron chi connectivity index (χ3n) is 4.62. The van der Waals surface area contributed by atoms with Crippen molar-refractivity contribution in [3.05, 3.63) is 34.9 Å². The van der Waals surface area contributed by atoms with E-state index in [1.165, 1.54) is 11.1 Å². The molecule has 2 rings (SSSR count). The molecule has 2 N–H and O–H groups in total. The summed E-state index contributed by atoms with van der Waals surface area (Å²) in [5, 5.41) is 13.6. The van der Waals surface area contributed by atoms with Crippen LogP contribution in [-0.4, -0.2) is 48.4 Å². The lowest BCUT2D eigenvalue weighted by molar-refractivity contribution is -0.0723. The van der Waals surface area contributed by atoms with Gasteiger partial charge in [0.2, 0.25) is 0 Å². The number of rotatable bonds is 4. The van der Waals surface area contributed by atoms with Gasteiger partial charge in [0, 0.05) is 33.1 Å². The largest absolute Gasteiger partial charge is 0.388 e. The summed E-state index contributed by atoms with van der Waals surface area (Å²) in [5.41, 5.74) is 2.65. The lowest BCUT2D eigenvalue weighted by Gasteiger charge is -2.35. The molecular formula is C18H28N2O3. The molecule has 1 aliphatic rings. The topological polar surface area (TPSA) is 61.8 Å². The number of ether oxygens (including phenoxy) is 1. The van der Waals surface area contributed by atoms with E-state index in [0.29, 0.717) is 32.6 Å². The molecule has 2 amide bonds. The second kappa shape index (κ2) is 7.32. The Balaban J connectivity index is 1.97. The molecule has 5 nitrogen and oxygen atoms in total. The van der Waals surface area contributed by atoms with Gasteiger partial charge in [0.05, 0.1) is 18.2 Å². The second-order valence-corrected chi connectivity index (χ2v) is 6.67. The van der Waals surface area contributed by atoms with Gasteiger partial charge in [-0.1, -0.05) is 18.2 Å². The molecule has 0 bridgehead atoms. The Morgan fingerprint density at radius 2 is 1.91 bits per heavy atom. The lowest BCUT2D eigenvalue weighted by Crippen LogP contribution is -2.50. The lowest BCUT2D eigenvalue weighted by atomic mass is 9.94. The van der Waals surface area contributed by atoms with E-state index < -0.39 is 5.60 Å². The fourth-order valence-electron chi connectivity index (χ4n) is 3.30. The summed E-state index contributed by atoms with van der Waals surface area (Å²) in [6.07, 6.45) is 1.13. The van der Waals surface area contributed by atoms with Crippen LogP contribution in [0, 0.1) is 13.8 Å². The van der Waals surface area contributed by atoms with E-state index in [4.69, 9.17) is 4.74 Å². The van der Waals surface area contributed by atoms with Crippen LogP contribution in [0.3, 0.4) is 0 Å². The number of hydrogen-bond donors (Lipinski definition) is 2. The molecule has 0 unspecified atom stereocenters. The normalized spacial score (nSPS) is 18.3. The predicted molar refractivity (Wildman–Crippen MR) is 90.5 cm³/mol. The monoisotopic (exact) mass is 320 g/mol. The maximum absolute atomic E-state index is 12.4. The SMILES string of the molecule is Cc1cccc(C)c1[C@H](C)NC(=O)N(C)CC1(O)CCOCC1. The molecular weight excluding hydrogens is 292 g/mol. The number of carbonyl (C=O) groups is 1. The average molecular weight is 320 g/mol. The molecule has 0 aliphatic carbocycles. The minimum Gasteiger partial charge on any atom is -0.388 e. The summed E-state index contributed by atoms with van der Waals surface area (Å²) < 4.78 is 5.28. The zero-order valence-electron chi connectivity index (χ0n) is 14.6. The summed E-state index contributed by atoms with van der Waals surface area (Å²) in [7, 11) is 1.72. The number of nitrogens with zero attached hydrogens (tertiary/aromatic N) is 1. The molecule has 1 aliphatic heterocycles. The number of hydrogen-bond acceptors (Lipinski definition) is 3. The molecule has 128 valence electrons. The average Bonchev–Trinajstić information content (AvgIpc) is 2.47. The van der Waals surface area contributed by atoms with Gasteiger partial charge in [0.25, 0.3) is 0 Å². The summed E-state index contributed by atoms with van der Waals surface area (Å²) >= 11 is 0. The van der Waals surface area contributed by atoms with E-state index >= 15 is 0 Å². The quantitative estimate of drug-likeness (QED) is 0.896. The van der Waals surface area contributed by atoms with Crippen LogP contribution in [0.15, 0.2) is 18.2 Å². The van der Waals surface area contributed by atoms with Crippen molar-refractivity contribution in [1.82, 2.24) is 10.2 Å². The van der Waals surface area contributed by atoms with Crippen molar-refractivity contribution < 1.29 is 14.6 Å². The molecule has 0 spiro atoms. The minimum atomic E-state index is -0.841. The summed E-state index contributed by atoms with van der Waals surface area (Å²) in [4.78, 5) is 14.0. The molecule has 1 heterocycles. The van der Waals surface area contributed by atoms with Crippen LogP contribution in [0.2, 0.25) is 0 Å². The maximum atomic E-state index is 12.4. The number of urea groups is 1. The van der Waals surface area contributed by atoms with Gasteiger partial charge in [-0.2, -0.15) is 0 Å². The van der Waals surface area contributed by atoms with Crippen LogP contribution in [0.1, 0.15) is 42.5 Å². The third kappa shape index (κ3) is 4.45. The minimum absolute atomic E-state index is 0.0736. The van der Waals surface area contributed by atoms with E-state index in [-0.39, 0.29) is 12.1 Å². The smallest absolute Gasteiger partial charge is 0.317 e. The molecule has 0 saturated carbocycles. The summed E-state index contributed by atoms with van der Waals surface area (Å²) in [6.45, 7) is 7.51. The Morgan fingerprint density at radius 1 is 1.35 bits per heavy atom. The van der Waals surface area contributed by atoms with Gasteiger partial charge in [-0.25, -0.2) is 4.79 Å². The molecule has 1 aromatic carbocycles. The maximum Gasteiger partial charge on any atom is 0.317 e. The number of likely N-dealkylation sites (N-methyl/N-ethyl adjacent to an activating group) is 1. The van der Waals surface area contributed by atoms with Gasteiger partial charge < -0.3 is 20.1 Å². The Kier molecular flexibility index (Phi) is 5.65. The van der Waals surface area contributed by atoms with Crippen LogP contribution in [-0.2, 0) is 4.74 Å². The number of carbonyl (C=O) groups excluding carboxylic acids is 1. The number of nitrogens with one attached hydrogen (secondary N) is 1. The number of benzene rings is 1. The molecule has 5 heteroatoms. The Hall–Kier alpha value is -1.59. The van der Waals surface area contributed by atoms with Gasteiger partial charge in [0.1, 0.15) is 0 Å². The highest BCUT2D eigenvalue weighted by atomic mass is 16.5. The molecule has 1 fully saturated rings. The van der Waals surface area contributed by atoms with Crippen molar-refractivity contribution in [3.8, 4) is 0 Å². The first-order valence-corrected chi connectivity index (χ1v) is 8.20. The predicted octanol–water partition coefficient (Wildman–Crippen LogP) is 2.55. The van der Waals surface area contributed by atoms with E-state index in [0.717, 1.165) is 5.56 Å². The van der Waals surface area contributed by atoms with E-state index in [9.17, 15) is 9.90 Å². The van der Waals surface area contributed by atoms with Crippen molar-refractivity contribution in [3.63, 3.8) is 0 Å². The Labute approximate surface area is 138 Å². The number of aliphatic hydroxyl groups is 1. The highest BCUT2D eigenvalue weighted by molar-refractivity contribution is 5.74. The van der Waals surface area contributed by atoms with Crippen molar-refractivity contribution in [2.75, 3.05) is 26.8 Å². The van der Waals surface area contributed by atoms with Crippen molar-refractivity contribution >= 4 is 6.03 Å². The molecule has 23 heavy (non-hydrogen) atoms. The summed E-state index contributed by atoms with van der Waals surface area (Å²) in [5.74, 6) is 0. The fraction of sp³-hybridized carbons (Fsp3) is 0.611. The van der Waals surface area contributed by atoms with Crippen LogP contribution in [0.25, 0.3) is 0 Å². The highest BCUT2D eigenvalue weighted by Crippen LogP contribution is 2.23. The van der Waals surface area contributed by atoms with E-state index in [1.54, 1.807) is 11.9 Å². The van der Waals surface area contributed by atoms with Crippen LogP contribution < -0.4 is 5.32 Å². The van der Waals surface area contributed by atoms with Gasteiger partial charge in [-0.15, -0.1) is 0 Å². The van der Waals surface area contributed by atoms with E-state index in [1.807, 2.05) is 13.0 Å². The molecule has 1 saturated heterocycles. The fourth-order valence-corrected chi connectivity index (χ4v) is 3.30. The van der Waals surface area contributed by atoms with E-state index in [2.05, 4.69) is 31.3 Å². The van der Waals surface area contributed by atoms with Crippen molar-refractivity contribution in [2.45, 2.75) is 45.3 Å².